The Balaban J connectivity index is 1.87. The molecule has 0 bridgehead atoms. The molecular formula is C14H16BrN3O. The first-order chi connectivity index (χ1) is 9.18. The van der Waals surface area contributed by atoms with E-state index in [0.29, 0.717) is 11.0 Å². The fraction of sp³-hybridized carbons (Fsp3) is 0.286. The second kappa shape index (κ2) is 6.63. The van der Waals surface area contributed by atoms with Crippen molar-refractivity contribution in [1.82, 2.24) is 14.9 Å². The number of halogens is 1. The predicted molar refractivity (Wildman–Crippen MR) is 79.1 cm³/mol. The first-order valence-corrected chi connectivity index (χ1v) is 6.94. The van der Waals surface area contributed by atoms with Gasteiger partial charge in [0.2, 0.25) is 0 Å². The molecule has 2 aromatic rings. The molecule has 0 unspecified atom stereocenters. The topological polar surface area (TPSA) is 46.9 Å². The van der Waals surface area contributed by atoms with Crippen LogP contribution in [-0.2, 0) is 13.1 Å². The summed E-state index contributed by atoms with van der Waals surface area (Å²) < 4.78 is 2.15. The Morgan fingerprint density at radius 3 is 2.79 bits per heavy atom. The van der Waals surface area contributed by atoms with Crippen molar-refractivity contribution in [2.24, 2.45) is 0 Å². The summed E-state index contributed by atoms with van der Waals surface area (Å²) in [5.74, 6) is 0. The lowest BCUT2D eigenvalue weighted by Crippen LogP contribution is -2.28. The molecule has 0 atom stereocenters. The SMILES string of the molecule is Cc1ncn(CCNCc2ccccc2)c(=O)c1Br. The molecule has 2 rings (SSSR count). The zero-order chi connectivity index (χ0) is 13.7. The number of nitrogens with one attached hydrogen (secondary N) is 1. The van der Waals surface area contributed by atoms with E-state index in [9.17, 15) is 4.79 Å². The van der Waals surface area contributed by atoms with Crippen LogP contribution in [0, 0.1) is 6.92 Å². The van der Waals surface area contributed by atoms with Crippen LogP contribution < -0.4 is 10.9 Å². The highest BCUT2D eigenvalue weighted by atomic mass is 79.9. The van der Waals surface area contributed by atoms with Gasteiger partial charge in [0.15, 0.2) is 0 Å². The molecule has 0 aliphatic rings. The molecule has 0 radical (unpaired) electrons. The minimum atomic E-state index is -0.0333. The fourth-order valence-electron chi connectivity index (χ4n) is 1.73. The molecule has 100 valence electrons. The van der Waals surface area contributed by atoms with Crippen molar-refractivity contribution in [1.29, 1.82) is 0 Å². The number of benzene rings is 1. The van der Waals surface area contributed by atoms with E-state index in [4.69, 9.17) is 0 Å². The maximum atomic E-state index is 11.9. The zero-order valence-corrected chi connectivity index (χ0v) is 12.4. The Morgan fingerprint density at radius 2 is 2.05 bits per heavy atom. The highest BCUT2D eigenvalue weighted by molar-refractivity contribution is 9.10. The second-order valence-corrected chi connectivity index (χ2v) is 5.10. The van der Waals surface area contributed by atoms with Gasteiger partial charge in [-0.2, -0.15) is 0 Å². The van der Waals surface area contributed by atoms with Crippen molar-refractivity contribution in [2.45, 2.75) is 20.0 Å². The van der Waals surface area contributed by atoms with E-state index < -0.39 is 0 Å². The summed E-state index contributed by atoms with van der Waals surface area (Å²) >= 11 is 3.26. The lowest BCUT2D eigenvalue weighted by atomic mass is 10.2. The summed E-state index contributed by atoms with van der Waals surface area (Å²) in [6, 6.07) is 10.2. The van der Waals surface area contributed by atoms with E-state index in [0.717, 1.165) is 18.8 Å². The summed E-state index contributed by atoms with van der Waals surface area (Å²) in [5, 5.41) is 3.31. The lowest BCUT2D eigenvalue weighted by molar-refractivity contribution is 0.575. The van der Waals surface area contributed by atoms with Gasteiger partial charge in [0.05, 0.1) is 12.0 Å². The van der Waals surface area contributed by atoms with Crippen molar-refractivity contribution < 1.29 is 0 Å². The number of aromatic nitrogens is 2. The highest BCUT2D eigenvalue weighted by Gasteiger charge is 2.04. The van der Waals surface area contributed by atoms with Crippen LogP contribution in [0.5, 0.6) is 0 Å². The molecule has 0 saturated heterocycles. The average Bonchev–Trinajstić information content (AvgIpc) is 2.44. The summed E-state index contributed by atoms with van der Waals surface area (Å²) in [7, 11) is 0. The lowest BCUT2D eigenvalue weighted by Gasteiger charge is -2.08. The third kappa shape index (κ3) is 3.75. The molecule has 1 aromatic heterocycles. The van der Waals surface area contributed by atoms with E-state index in [-0.39, 0.29) is 5.56 Å². The standard InChI is InChI=1S/C14H16BrN3O/c1-11-13(15)14(19)18(10-17-11)8-7-16-9-12-5-3-2-4-6-12/h2-6,10,16H,7-9H2,1H3. The van der Waals surface area contributed by atoms with Crippen molar-refractivity contribution in [2.75, 3.05) is 6.54 Å². The van der Waals surface area contributed by atoms with Crippen molar-refractivity contribution in [3.63, 3.8) is 0 Å². The van der Waals surface area contributed by atoms with E-state index in [1.165, 1.54) is 5.56 Å². The number of hydrogen-bond donors (Lipinski definition) is 1. The molecular weight excluding hydrogens is 306 g/mol. The predicted octanol–water partition coefficient (Wildman–Crippen LogP) is 2.10. The summed E-state index contributed by atoms with van der Waals surface area (Å²) in [5.41, 5.74) is 1.92. The molecule has 0 spiro atoms. The van der Waals surface area contributed by atoms with Gasteiger partial charge in [0, 0.05) is 19.6 Å². The summed E-state index contributed by atoms with van der Waals surface area (Å²) in [6.45, 7) is 3.95. The first kappa shape index (κ1) is 14.0. The number of hydrogen-bond acceptors (Lipinski definition) is 3. The van der Waals surface area contributed by atoms with Gasteiger partial charge in [-0.25, -0.2) is 4.98 Å². The Bertz CT molecular complexity index is 595. The molecule has 0 amide bonds. The van der Waals surface area contributed by atoms with Gasteiger partial charge >= 0.3 is 0 Å². The highest BCUT2D eigenvalue weighted by Crippen LogP contribution is 2.05. The molecule has 1 aromatic carbocycles. The molecule has 1 N–H and O–H groups in total. The van der Waals surface area contributed by atoms with Crippen LogP contribution >= 0.6 is 15.9 Å². The van der Waals surface area contributed by atoms with Crippen molar-refractivity contribution in [3.8, 4) is 0 Å². The van der Waals surface area contributed by atoms with Crippen LogP contribution in [0.2, 0.25) is 0 Å². The molecule has 0 fully saturated rings. The fourth-order valence-corrected chi connectivity index (χ4v) is 2.06. The maximum Gasteiger partial charge on any atom is 0.267 e. The molecule has 19 heavy (non-hydrogen) atoms. The Morgan fingerprint density at radius 1 is 1.32 bits per heavy atom. The van der Waals surface area contributed by atoms with Crippen LogP contribution in [0.4, 0.5) is 0 Å². The van der Waals surface area contributed by atoms with Gasteiger partial charge in [0.1, 0.15) is 4.47 Å². The van der Waals surface area contributed by atoms with Gasteiger partial charge in [-0.1, -0.05) is 30.3 Å². The third-order valence-corrected chi connectivity index (χ3v) is 3.77. The minimum absolute atomic E-state index is 0.0333. The van der Waals surface area contributed by atoms with Gasteiger partial charge < -0.3 is 5.32 Å². The minimum Gasteiger partial charge on any atom is -0.311 e. The van der Waals surface area contributed by atoms with Crippen LogP contribution in [0.1, 0.15) is 11.3 Å². The second-order valence-electron chi connectivity index (χ2n) is 4.30. The molecule has 4 nitrogen and oxygen atoms in total. The first-order valence-electron chi connectivity index (χ1n) is 6.14. The van der Waals surface area contributed by atoms with Crippen LogP contribution in [0.25, 0.3) is 0 Å². The van der Waals surface area contributed by atoms with Crippen LogP contribution in [0.15, 0.2) is 45.9 Å². The van der Waals surface area contributed by atoms with Gasteiger partial charge in [0.25, 0.3) is 5.56 Å². The van der Waals surface area contributed by atoms with Crippen molar-refractivity contribution >= 4 is 15.9 Å². The van der Waals surface area contributed by atoms with Crippen molar-refractivity contribution in [3.05, 3.63) is 62.7 Å². The summed E-state index contributed by atoms with van der Waals surface area (Å²) in [6.07, 6.45) is 1.59. The van der Waals surface area contributed by atoms with E-state index in [2.05, 4.69) is 38.4 Å². The average molecular weight is 322 g/mol. The van der Waals surface area contributed by atoms with Gasteiger partial charge in [-0.3, -0.25) is 9.36 Å². The quantitative estimate of drug-likeness (QED) is 0.858. The van der Waals surface area contributed by atoms with E-state index in [1.807, 2.05) is 25.1 Å². The van der Waals surface area contributed by atoms with E-state index in [1.54, 1.807) is 10.9 Å². The Hall–Kier alpha value is -1.46. The molecule has 5 heteroatoms. The molecule has 1 heterocycles. The molecule has 0 saturated carbocycles. The zero-order valence-electron chi connectivity index (χ0n) is 10.8. The number of rotatable bonds is 5. The maximum absolute atomic E-state index is 11.9. The normalized spacial score (nSPS) is 10.6. The summed E-state index contributed by atoms with van der Waals surface area (Å²) in [4.78, 5) is 16.1. The Labute approximate surface area is 120 Å². The molecule has 0 aliphatic heterocycles. The van der Waals surface area contributed by atoms with Crippen LogP contribution in [0.3, 0.4) is 0 Å². The van der Waals surface area contributed by atoms with Crippen LogP contribution in [-0.4, -0.2) is 16.1 Å². The largest absolute Gasteiger partial charge is 0.311 e. The number of aryl methyl sites for hydroxylation is 1. The van der Waals surface area contributed by atoms with E-state index >= 15 is 0 Å². The smallest absolute Gasteiger partial charge is 0.267 e. The Kier molecular flexibility index (Phi) is 4.87. The van der Waals surface area contributed by atoms with Gasteiger partial charge in [-0.15, -0.1) is 0 Å². The molecule has 0 aliphatic carbocycles. The van der Waals surface area contributed by atoms with Gasteiger partial charge in [-0.05, 0) is 28.4 Å². The monoisotopic (exact) mass is 321 g/mol. The third-order valence-electron chi connectivity index (χ3n) is 2.86. The number of nitrogens with zero attached hydrogens (tertiary/aromatic N) is 2.